The molecule has 4 rings (SSSR count). The van der Waals surface area contributed by atoms with Gasteiger partial charge in [-0.25, -0.2) is 4.98 Å². The summed E-state index contributed by atoms with van der Waals surface area (Å²) in [6, 6.07) is 14.4. The van der Waals surface area contributed by atoms with Gasteiger partial charge in [0.2, 0.25) is 0 Å². The minimum Gasteiger partial charge on any atom is -0.495 e. The number of benzene rings is 2. The fourth-order valence-electron chi connectivity index (χ4n) is 3.36. The smallest absolute Gasteiger partial charge is 0.260 e. The van der Waals surface area contributed by atoms with Gasteiger partial charge < -0.3 is 18.6 Å². The third-order valence-electron chi connectivity index (χ3n) is 5.14. The molecular weight excluding hydrogens is 440 g/mol. The second-order valence-corrected chi connectivity index (χ2v) is 8.32. The van der Waals surface area contributed by atoms with Crippen molar-refractivity contribution >= 4 is 32.6 Å². The first kappa shape index (κ1) is 22.7. The molecule has 33 heavy (non-hydrogen) atoms. The highest BCUT2D eigenvalue weighted by atomic mass is 32.1. The number of anilines is 1. The van der Waals surface area contributed by atoms with Crippen molar-refractivity contribution in [3.63, 3.8) is 0 Å². The first-order valence-corrected chi connectivity index (χ1v) is 11.5. The average Bonchev–Trinajstić information content (AvgIpc) is 3.52. The number of ether oxygens (including phenoxy) is 3. The SMILES string of the molecule is CCCCOc1ccc(C(=O)N(Cc2ccco2)c2nc3c(OC)ccc(OC)c3s2)cc1. The number of nitrogens with zero attached hydrogens (tertiary/aromatic N) is 2. The van der Waals surface area contributed by atoms with E-state index in [1.54, 1.807) is 49.6 Å². The Morgan fingerprint density at radius 3 is 2.48 bits per heavy atom. The van der Waals surface area contributed by atoms with Crippen molar-refractivity contribution in [1.29, 1.82) is 0 Å². The second-order valence-electron chi connectivity index (χ2n) is 7.34. The van der Waals surface area contributed by atoms with E-state index in [4.69, 9.17) is 23.6 Å². The summed E-state index contributed by atoms with van der Waals surface area (Å²) in [4.78, 5) is 19.9. The number of aromatic nitrogens is 1. The lowest BCUT2D eigenvalue weighted by atomic mass is 10.2. The molecule has 2 heterocycles. The fourth-order valence-corrected chi connectivity index (χ4v) is 4.43. The van der Waals surface area contributed by atoms with Crippen molar-refractivity contribution in [3.8, 4) is 17.2 Å². The average molecular weight is 467 g/mol. The number of fused-ring (bicyclic) bond motifs is 1. The summed E-state index contributed by atoms with van der Waals surface area (Å²) in [6.45, 7) is 3.01. The highest BCUT2D eigenvalue weighted by Crippen LogP contribution is 2.40. The molecule has 0 fully saturated rings. The molecule has 1 amide bonds. The third kappa shape index (κ3) is 4.96. The number of amides is 1. The van der Waals surface area contributed by atoms with Crippen LogP contribution >= 0.6 is 11.3 Å². The molecule has 0 atom stereocenters. The molecular formula is C25H26N2O5S. The summed E-state index contributed by atoms with van der Waals surface area (Å²) in [5.74, 6) is 2.50. The van der Waals surface area contributed by atoms with Crippen LogP contribution in [-0.4, -0.2) is 31.7 Å². The Bertz CT molecular complexity index is 1160. The summed E-state index contributed by atoms with van der Waals surface area (Å²) >= 11 is 1.37. The van der Waals surface area contributed by atoms with E-state index in [0.29, 0.717) is 40.1 Å². The van der Waals surface area contributed by atoms with Gasteiger partial charge in [0, 0.05) is 5.56 Å². The van der Waals surface area contributed by atoms with Crippen LogP contribution in [0.4, 0.5) is 5.13 Å². The van der Waals surface area contributed by atoms with Crippen molar-refractivity contribution in [2.75, 3.05) is 25.7 Å². The fraction of sp³-hybridized carbons (Fsp3) is 0.280. The Labute approximate surface area is 196 Å². The summed E-state index contributed by atoms with van der Waals surface area (Å²) in [7, 11) is 3.20. The first-order valence-electron chi connectivity index (χ1n) is 10.7. The lowest BCUT2D eigenvalue weighted by molar-refractivity contribution is 0.0983. The molecule has 0 aliphatic carbocycles. The van der Waals surface area contributed by atoms with Crippen LogP contribution in [-0.2, 0) is 6.54 Å². The predicted molar refractivity (Wildman–Crippen MR) is 129 cm³/mol. The molecule has 0 saturated carbocycles. The lowest BCUT2D eigenvalue weighted by Crippen LogP contribution is -2.30. The largest absolute Gasteiger partial charge is 0.495 e. The minimum absolute atomic E-state index is 0.191. The molecule has 4 aromatic rings. The number of hydrogen-bond acceptors (Lipinski definition) is 7. The molecule has 7 nitrogen and oxygen atoms in total. The van der Waals surface area contributed by atoms with Crippen LogP contribution in [0.1, 0.15) is 35.9 Å². The van der Waals surface area contributed by atoms with E-state index in [1.165, 1.54) is 11.3 Å². The summed E-state index contributed by atoms with van der Waals surface area (Å²) < 4.78 is 23.0. The predicted octanol–water partition coefficient (Wildman–Crippen LogP) is 5.93. The van der Waals surface area contributed by atoms with Crippen molar-refractivity contribution in [2.45, 2.75) is 26.3 Å². The summed E-state index contributed by atoms with van der Waals surface area (Å²) in [5, 5.41) is 0.525. The van der Waals surface area contributed by atoms with E-state index in [0.717, 1.165) is 23.3 Å². The molecule has 8 heteroatoms. The molecule has 0 radical (unpaired) electrons. The van der Waals surface area contributed by atoms with Crippen LogP contribution in [0.15, 0.2) is 59.2 Å². The Hall–Kier alpha value is -3.52. The number of methoxy groups -OCH3 is 2. The molecule has 0 aliphatic rings. The van der Waals surface area contributed by atoms with Gasteiger partial charge >= 0.3 is 0 Å². The van der Waals surface area contributed by atoms with Gasteiger partial charge in [-0.3, -0.25) is 9.69 Å². The maximum absolute atomic E-state index is 13.6. The van der Waals surface area contributed by atoms with Gasteiger partial charge in [0.15, 0.2) is 5.13 Å². The molecule has 0 saturated heterocycles. The molecule has 0 bridgehead atoms. The van der Waals surface area contributed by atoms with Gasteiger partial charge in [0.05, 0.1) is 33.6 Å². The Balaban J connectivity index is 1.69. The number of hydrogen-bond donors (Lipinski definition) is 0. The van der Waals surface area contributed by atoms with E-state index < -0.39 is 0 Å². The molecule has 0 spiro atoms. The molecule has 2 aromatic heterocycles. The topological polar surface area (TPSA) is 74.0 Å². The quantitative estimate of drug-likeness (QED) is 0.270. The van der Waals surface area contributed by atoms with Crippen molar-refractivity contribution in [2.24, 2.45) is 0 Å². The van der Waals surface area contributed by atoms with Gasteiger partial charge in [0.25, 0.3) is 5.91 Å². The van der Waals surface area contributed by atoms with Crippen LogP contribution < -0.4 is 19.1 Å². The molecule has 2 aromatic carbocycles. The van der Waals surface area contributed by atoms with Gasteiger partial charge in [-0.15, -0.1) is 0 Å². The normalized spacial score (nSPS) is 10.9. The Morgan fingerprint density at radius 1 is 1.06 bits per heavy atom. The number of furan rings is 1. The number of carbonyl (C=O) groups excluding carboxylic acids is 1. The zero-order valence-electron chi connectivity index (χ0n) is 18.9. The Morgan fingerprint density at radius 2 is 1.82 bits per heavy atom. The number of rotatable bonds is 10. The van der Waals surface area contributed by atoms with Crippen LogP contribution in [0.2, 0.25) is 0 Å². The van der Waals surface area contributed by atoms with E-state index in [1.807, 2.05) is 24.3 Å². The molecule has 0 aliphatic heterocycles. The minimum atomic E-state index is -0.191. The Kier molecular flexibility index (Phi) is 7.14. The van der Waals surface area contributed by atoms with E-state index in [2.05, 4.69) is 6.92 Å². The number of thiazole rings is 1. The standard InChI is InChI=1S/C25H26N2O5S/c1-4-5-14-31-18-10-8-17(9-11-18)24(28)27(16-19-7-6-15-32-19)25-26-22-20(29-2)12-13-21(30-3)23(22)33-25/h6-13,15H,4-5,14,16H2,1-3H3. The molecule has 0 unspecified atom stereocenters. The number of carbonyl (C=O) groups is 1. The van der Waals surface area contributed by atoms with E-state index in [-0.39, 0.29) is 12.5 Å². The highest BCUT2D eigenvalue weighted by Gasteiger charge is 2.25. The maximum Gasteiger partial charge on any atom is 0.260 e. The van der Waals surface area contributed by atoms with E-state index >= 15 is 0 Å². The summed E-state index contributed by atoms with van der Waals surface area (Å²) in [5.41, 5.74) is 1.18. The maximum atomic E-state index is 13.6. The third-order valence-corrected chi connectivity index (χ3v) is 6.23. The summed E-state index contributed by atoms with van der Waals surface area (Å²) in [6.07, 6.45) is 3.64. The van der Waals surface area contributed by atoms with Crippen LogP contribution in [0.5, 0.6) is 17.2 Å². The highest BCUT2D eigenvalue weighted by molar-refractivity contribution is 7.22. The monoisotopic (exact) mass is 466 g/mol. The van der Waals surface area contributed by atoms with Crippen molar-refractivity contribution < 1.29 is 23.4 Å². The van der Waals surface area contributed by atoms with E-state index in [9.17, 15) is 4.79 Å². The van der Waals surface area contributed by atoms with Crippen LogP contribution in [0, 0.1) is 0 Å². The van der Waals surface area contributed by atoms with Crippen LogP contribution in [0.3, 0.4) is 0 Å². The zero-order chi connectivity index (χ0) is 23.2. The van der Waals surface area contributed by atoms with Gasteiger partial charge in [0.1, 0.15) is 33.2 Å². The molecule has 0 N–H and O–H groups in total. The number of unbranched alkanes of at least 4 members (excludes halogenated alkanes) is 1. The zero-order valence-corrected chi connectivity index (χ0v) is 19.7. The lowest BCUT2D eigenvalue weighted by Gasteiger charge is -2.19. The first-order chi connectivity index (χ1) is 16.1. The van der Waals surface area contributed by atoms with Crippen LogP contribution in [0.25, 0.3) is 10.2 Å². The second kappa shape index (κ2) is 10.4. The molecule has 172 valence electrons. The van der Waals surface area contributed by atoms with Gasteiger partial charge in [-0.2, -0.15) is 0 Å². The van der Waals surface area contributed by atoms with Crippen molar-refractivity contribution in [1.82, 2.24) is 4.98 Å². The van der Waals surface area contributed by atoms with Gasteiger partial charge in [-0.1, -0.05) is 24.7 Å². The van der Waals surface area contributed by atoms with Gasteiger partial charge in [-0.05, 0) is 55.0 Å². The van der Waals surface area contributed by atoms with Crippen molar-refractivity contribution in [3.05, 3.63) is 66.1 Å².